The minimum atomic E-state index is -0.602. The number of aromatic amines is 1. The number of nitro groups is 1. The molecule has 3 rings (SSSR count). The lowest BCUT2D eigenvalue weighted by atomic mass is 10.1. The van der Waals surface area contributed by atoms with Gasteiger partial charge in [-0.2, -0.15) is 5.10 Å². The van der Waals surface area contributed by atoms with Crippen molar-refractivity contribution in [3.05, 3.63) is 56.4 Å². The summed E-state index contributed by atoms with van der Waals surface area (Å²) >= 11 is 5.95. The van der Waals surface area contributed by atoms with Gasteiger partial charge in [0.15, 0.2) is 0 Å². The number of hydrogen-bond acceptors (Lipinski definition) is 4. The Kier molecular flexibility index (Phi) is 3.58. The predicted molar refractivity (Wildman–Crippen MR) is 80.0 cm³/mol. The first-order chi connectivity index (χ1) is 10.5. The number of hydrogen-bond donors (Lipinski definition) is 2. The average molecular weight is 321 g/mol. The molecule has 2 atom stereocenters. The van der Waals surface area contributed by atoms with Crippen molar-refractivity contribution in [1.82, 2.24) is 15.5 Å². The molecular formula is C14H13ClN4O3. The third kappa shape index (κ3) is 2.67. The van der Waals surface area contributed by atoms with Gasteiger partial charge in [0, 0.05) is 17.0 Å². The number of aromatic nitrogens is 2. The Morgan fingerprint density at radius 1 is 1.55 bits per heavy atom. The molecule has 1 aromatic carbocycles. The lowest BCUT2D eigenvalue weighted by Crippen LogP contribution is -2.27. The first-order valence-corrected chi connectivity index (χ1v) is 7.11. The molecule has 1 fully saturated rings. The Morgan fingerprint density at radius 2 is 2.32 bits per heavy atom. The fourth-order valence-corrected chi connectivity index (χ4v) is 2.70. The Labute approximate surface area is 130 Å². The van der Waals surface area contributed by atoms with Gasteiger partial charge in [-0.25, -0.2) is 0 Å². The van der Waals surface area contributed by atoms with E-state index in [2.05, 4.69) is 15.5 Å². The zero-order valence-corrected chi connectivity index (χ0v) is 12.4. The number of rotatable bonds is 4. The normalized spacial score (nSPS) is 19.7. The lowest BCUT2D eigenvalue weighted by molar-refractivity contribution is -0.385. The number of benzene rings is 1. The number of H-pyrrole nitrogens is 1. The van der Waals surface area contributed by atoms with Gasteiger partial charge in [0.1, 0.15) is 5.69 Å². The Balaban J connectivity index is 1.71. The van der Waals surface area contributed by atoms with Gasteiger partial charge in [-0.3, -0.25) is 20.0 Å². The van der Waals surface area contributed by atoms with E-state index in [1.165, 1.54) is 6.92 Å². The molecule has 2 N–H and O–H groups in total. The highest BCUT2D eigenvalue weighted by atomic mass is 35.5. The second-order valence-electron chi connectivity index (χ2n) is 5.28. The molecule has 1 aliphatic carbocycles. The molecule has 2 aromatic rings. The van der Waals surface area contributed by atoms with Gasteiger partial charge >= 0.3 is 5.69 Å². The minimum absolute atomic E-state index is 0.0532. The average Bonchev–Trinajstić information content (AvgIpc) is 3.10. The summed E-state index contributed by atoms with van der Waals surface area (Å²) < 4.78 is 0. The van der Waals surface area contributed by atoms with Crippen molar-refractivity contribution in [1.29, 1.82) is 0 Å². The summed E-state index contributed by atoms with van der Waals surface area (Å²) in [5.41, 5.74) is 0.847. The topological polar surface area (TPSA) is 101 Å². The van der Waals surface area contributed by atoms with Crippen molar-refractivity contribution >= 4 is 23.2 Å². The van der Waals surface area contributed by atoms with Crippen LogP contribution in [0.5, 0.6) is 0 Å². The van der Waals surface area contributed by atoms with Gasteiger partial charge in [0.25, 0.3) is 5.91 Å². The van der Waals surface area contributed by atoms with E-state index >= 15 is 0 Å². The third-order valence-electron chi connectivity index (χ3n) is 3.70. The summed E-state index contributed by atoms with van der Waals surface area (Å²) in [4.78, 5) is 22.5. The molecule has 1 saturated carbocycles. The van der Waals surface area contributed by atoms with E-state index < -0.39 is 10.8 Å². The number of nitrogens with one attached hydrogen (secondary N) is 2. The highest BCUT2D eigenvalue weighted by molar-refractivity contribution is 6.30. The number of carbonyl (C=O) groups is 1. The summed E-state index contributed by atoms with van der Waals surface area (Å²) in [6.45, 7) is 1.51. The number of amides is 1. The van der Waals surface area contributed by atoms with Gasteiger partial charge in [-0.1, -0.05) is 23.7 Å². The lowest BCUT2D eigenvalue weighted by Gasteiger charge is -2.03. The second kappa shape index (κ2) is 5.42. The van der Waals surface area contributed by atoms with E-state index in [0.29, 0.717) is 5.02 Å². The standard InChI is InChI=1S/C14H13ClN4O3/c1-7-13(19(21)22)12(18-17-7)14(20)16-11-6-10(11)8-3-2-4-9(15)5-8/h2-5,10-11H,6H2,1H3,(H,16,20)(H,17,18)/t10-,11-/m1/s1. The fourth-order valence-electron chi connectivity index (χ4n) is 2.50. The molecule has 0 aliphatic heterocycles. The predicted octanol–water partition coefficient (Wildman–Crippen LogP) is 2.57. The van der Waals surface area contributed by atoms with Crippen molar-refractivity contribution in [2.75, 3.05) is 0 Å². The molecule has 0 bridgehead atoms. The van der Waals surface area contributed by atoms with Crippen LogP contribution in [0.1, 0.15) is 34.1 Å². The first-order valence-electron chi connectivity index (χ1n) is 6.73. The Morgan fingerprint density at radius 3 is 3.00 bits per heavy atom. The molecule has 0 unspecified atom stereocenters. The van der Waals surface area contributed by atoms with Gasteiger partial charge in [0.05, 0.1) is 4.92 Å². The molecule has 0 radical (unpaired) electrons. The zero-order chi connectivity index (χ0) is 15.9. The van der Waals surface area contributed by atoms with Crippen LogP contribution >= 0.6 is 11.6 Å². The number of carbonyl (C=O) groups excluding carboxylic acids is 1. The van der Waals surface area contributed by atoms with E-state index in [0.717, 1.165) is 12.0 Å². The first kappa shape index (κ1) is 14.5. The Hall–Kier alpha value is -2.41. The van der Waals surface area contributed by atoms with Gasteiger partial charge < -0.3 is 5.32 Å². The van der Waals surface area contributed by atoms with Crippen LogP contribution < -0.4 is 5.32 Å². The minimum Gasteiger partial charge on any atom is -0.347 e. The van der Waals surface area contributed by atoms with E-state index in [1.54, 1.807) is 6.07 Å². The highest BCUT2D eigenvalue weighted by Crippen LogP contribution is 2.41. The summed E-state index contributed by atoms with van der Waals surface area (Å²) in [5.74, 6) is -0.354. The maximum Gasteiger partial charge on any atom is 0.322 e. The van der Waals surface area contributed by atoms with Crippen molar-refractivity contribution in [3.8, 4) is 0 Å². The summed E-state index contributed by atoms with van der Waals surface area (Å²) in [7, 11) is 0. The van der Waals surface area contributed by atoms with E-state index in [-0.39, 0.29) is 29.0 Å². The van der Waals surface area contributed by atoms with Crippen LogP contribution in [0.2, 0.25) is 5.02 Å². The monoisotopic (exact) mass is 320 g/mol. The van der Waals surface area contributed by atoms with Crippen LogP contribution in [0.3, 0.4) is 0 Å². The molecule has 1 amide bonds. The van der Waals surface area contributed by atoms with Crippen LogP contribution in [-0.4, -0.2) is 27.1 Å². The van der Waals surface area contributed by atoms with Crippen molar-refractivity contribution < 1.29 is 9.72 Å². The largest absolute Gasteiger partial charge is 0.347 e. The van der Waals surface area contributed by atoms with Gasteiger partial charge in [0.2, 0.25) is 5.69 Å². The third-order valence-corrected chi connectivity index (χ3v) is 3.93. The maximum atomic E-state index is 12.2. The quantitative estimate of drug-likeness (QED) is 0.667. The van der Waals surface area contributed by atoms with E-state index in [4.69, 9.17) is 11.6 Å². The van der Waals surface area contributed by atoms with E-state index in [9.17, 15) is 14.9 Å². The van der Waals surface area contributed by atoms with Crippen molar-refractivity contribution in [2.45, 2.75) is 25.3 Å². The molecule has 7 nitrogen and oxygen atoms in total. The summed E-state index contributed by atoms with van der Waals surface area (Å²) in [6.07, 6.45) is 0.781. The van der Waals surface area contributed by atoms with E-state index in [1.807, 2.05) is 18.2 Å². The van der Waals surface area contributed by atoms with Crippen molar-refractivity contribution in [3.63, 3.8) is 0 Å². The molecule has 1 heterocycles. The molecule has 1 aromatic heterocycles. The number of aryl methyl sites for hydroxylation is 1. The molecular weight excluding hydrogens is 308 g/mol. The summed E-state index contributed by atoms with van der Waals surface area (Å²) in [6, 6.07) is 7.40. The summed E-state index contributed by atoms with van der Waals surface area (Å²) in [5, 5.41) is 20.6. The number of halogens is 1. The highest BCUT2D eigenvalue weighted by Gasteiger charge is 2.41. The molecule has 0 saturated heterocycles. The zero-order valence-electron chi connectivity index (χ0n) is 11.7. The Bertz CT molecular complexity index is 758. The van der Waals surface area contributed by atoms with Crippen LogP contribution in [0, 0.1) is 17.0 Å². The van der Waals surface area contributed by atoms with Crippen LogP contribution in [0.15, 0.2) is 24.3 Å². The molecule has 8 heteroatoms. The number of nitrogens with zero attached hydrogens (tertiary/aromatic N) is 2. The SMILES string of the molecule is Cc1[nH]nc(C(=O)N[C@@H]2C[C@@H]2c2cccc(Cl)c2)c1[N+](=O)[O-]. The fraction of sp³-hybridized carbons (Fsp3) is 0.286. The molecule has 114 valence electrons. The maximum absolute atomic E-state index is 12.2. The molecule has 0 spiro atoms. The van der Waals surface area contributed by atoms with Crippen LogP contribution in [0.25, 0.3) is 0 Å². The second-order valence-corrected chi connectivity index (χ2v) is 5.72. The smallest absolute Gasteiger partial charge is 0.322 e. The van der Waals surface area contributed by atoms with Crippen LogP contribution in [0.4, 0.5) is 5.69 Å². The van der Waals surface area contributed by atoms with Gasteiger partial charge in [-0.05, 0) is 31.0 Å². The molecule has 22 heavy (non-hydrogen) atoms. The van der Waals surface area contributed by atoms with Crippen LogP contribution in [-0.2, 0) is 0 Å². The van der Waals surface area contributed by atoms with Gasteiger partial charge in [-0.15, -0.1) is 0 Å². The van der Waals surface area contributed by atoms with Crippen molar-refractivity contribution in [2.24, 2.45) is 0 Å². The molecule has 1 aliphatic rings.